The predicted molar refractivity (Wildman–Crippen MR) is 88.4 cm³/mol. The lowest BCUT2D eigenvalue weighted by molar-refractivity contribution is 0.0234. The van der Waals surface area contributed by atoms with Gasteiger partial charge in [-0.2, -0.15) is 5.10 Å². The van der Waals surface area contributed by atoms with E-state index in [1.807, 2.05) is 30.3 Å². The number of hydrogen-bond donors (Lipinski definition) is 2. The van der Waals surface area contributed by atoms with E-state index in [9.17, 15) is 9.90 Å². The Hall–Kier alpha value is -2.73. The molecule has 1 aromatic carbocycles. The van der Waals surface area contributed by atoms with Crippen LogP contribution in [0, 0.1) is 5.92 Å². The van der Waals surface area contributed by atoms with Gasteiger partial charge >= 0.3 is 0 Å². The molecule has 122 valence electrons. The Morgan fingerprint density at radius 1 is 1.25 bits per heavy atom. The van der Waals surface area contributed by atoms with E-state index in [0.29, 0.717) is 24.2 Å². The molecule has 1 saturated carbocycles. The lowest BCUT2D eigenvalue weighted by atomic mass is 9.75. The molecule has 0 radical (unpaired) electrons. The van der Waals surface area contributed by atoms with Crippen molar-refractivity contribution in [2.24, 2.45) is 5.92 Å². The molecule has 1 amide bonds. The number of nitrogens with zero attached hydrogens (tertiary/aromatic N) is 3. The summed E-state index contributed by atoms with van der Waals surface area (Å²) in [5.74, 6) is 0.0113. The fourth-order valence-corrected chi connectivity index (χ4v) is 3.19. The molecule has 4 rings (SSSR count). The third kappa shape index (κ3) is 2.76. The minimum absolute atomic E-state index is 0.125. The van der Waals surface area contributed by atoms with Crippen molar-refractivity contribution >= 4 is 11.6 Å². The van der Waals surface area contributed by atoms with Crippen LogP contribution in [0.15, 0.2) is 54.9 Å². The van der Waals surface area contributed by atoms with Gasteiger partial charge in [0.2, 0.25) is 0 Å². The SMILES string of the molecule is O=C(N[C@H](c1ccccc1)C1CC(O)C1)c1cc2ncccn2n1. The summed E-state index contributed by atoms with van der Waals surface area (Å²) in [6, 6.07) is 13.2. The van der Waals surface area contributed by atoms with E-state index in [1.165, 1.54) is 0 Å². The Morgan fingerprint density at radius 2 is 2.04 bits per heavy atom. The van der Waals surface area contributed by atoms with E-state index in [2.05, 4.69) is 15.4 Å². The quantitative estimate of drug-likeness (QED) is 0.770. The average Bonchev–Trinajstić information content (AvgIpc) is 3.02. The van der Waals surface area contributed by atoms with Gasteiger partial charge < -0.3 is 10.4 Å². The molecule has 1 fully saturated rings. The van der Waals surface area contributed by atoms with Gasteiger partial charge in [0.25, 0.3) is 5.91 Å². The van der Waals surface area contributed by atoms with Crippen molar-refractivity contribution in [3.05, 3.63) is 66.1 Å². The largest absolute Gasteiger partial charge is 0.393 e. The van der Waals surface area contributed by atoms with Crippen LogP contribution in [0.3, 0.4) is 0 Å². The van der Waals surface area contributed by atoms with Crippen LogP contribution < -0.4 is 5.32 Å². The Labute approximate surface area is 139 Å². The number of rotatable bonds is 4. The van der Waals surface area contributed by atoms with Crippen molar-refractivity contribution < 1.29 is 9.90 Å². The predicted octanol–water partition coefficient (Wildman–Crippen LogP) is 1.97. The average molecular weight is 322 g/mol. The highest BCUT2D eigenvalue weighted by atomic mass is 16.3. The molecular weight excluding hydrogens is 304 g/mol. The molecule has 2 N–H and O–H groups in total. The topological polar surface area (TPSA) is 79.5 Å². The summed E-state index contributed by atoms with van der Waals surface area (Å²) in [5, 5.41) is 17.0. The molecule has 6 nitrogen and oxygen atoms in total. The Morgan fingerprint density at radius 3 is 2.75 bits per heavy atom. The lowest BCUT2D eigenvalue weighted by Gasteiger charge is -2.38. The number of benzene rings is 1. The van der Waals surface area contributed by atoms with Crippen LogP contribution in [0.5, 0.6) is 0 Å². The van der Waals surface area contributed by atoms with Crippen LogP contribution in [-0.2, 0) is 0 Å². The van der Waals surface area contributed by atoms with Gasteiger partial charge in [-0.1, -0.05) is 30.3 Å². The molecule has 0 saturated heterocycles. The molecule has 1 aliphatic rings. The number of amides is 1. The lowest BCUT2D eigenvalue weighted by Crippen LogP contribution is -2.41. The van der Waals surface area contributed by atoms with Gasteiger partial charge in [-0.25, -0.2) is 9.50 Å². The summed E-state index contributed by atoms with van der Waals surface area (Å²) < 4.78 is 1.58. The standard InChI is InChI=1S/C18H18N4O2/c23-14-9-13(10-14)17(12-5-2-1-3-6-12)20-18(24)15-11-16-19-7-4-8-22(16)21-15/h1-8,11,13-14,17,23H,9-10H2,(H,20,24)/t13?,14?,17-/m1/s1. The molecule has 0 aliphatic heterocycles. The summed E-state index contributed by atoms with van der Waals surface area (Å²) >= 11 is 0. The number of carbonyl (C=O) groups excluding carboxylic acids is 1. The Balaban J connectivity index is 1.58. The fraction of sp³-hybridized carbons (Fsp3) is 0.278. The van der Waals surface area contributed by atoms with Crippen LogP contribution in [0.25, 0.3) is 5.65 Å². The third-order valence-electron chi connectivity index (χ3n) is 4.54. The molecule has 0 spiro atoms. The molecule has 6 heteroatoms. The monoisotopic (exact) mass is 322 g/mol. The van der Waals surface area contributed by atoms with Crippen LogP contribution in [0.1, 0.15) is 34.9 Å². The van der Waals surface area contributed by atoms with Gasteiger partial charge in [0.1, 0.15) is 0 Å². The number of nitrogens with one attached hydrogen (secondary N) is 1. The number of carbonyl (C=O) groups is 1. The van der Waals surface area contributed by atoms with Crippen LogP contribution >= 0.6 is 0 Å². The minimum atomic E-state index is -0.266. The molecule has 3 aromatic rings. The van der Waals surface area contributed by atoms with E-state index < -0.39 is 0 Å². The summed E-state index contributed by atoms with van der Waals surface area (Å²) in [4.78, 5) is 16.8. The second kappa shape index (κ2) is 6.05. The molecule has 0 bridgehead atoms. The van der Waals surface area contributed by atoms with Gasteiger partial charge in [-0.15, -0.1) is 0 Å². The van der Waals surface area contributed by atoms with E-state index in [-0.39, 0.29) is 24.0 Å². The summed E-state index contributed by atoms with van der Waals surface area (Å²) in [7, 11) is 0. The highest BCUT2D eigenvalue weighted by Crippen LogP contribution is 2.38. The minimum Gasteiger partial charge on any atom is -0.393 e. The number of fused-ring (bicyclic) bond motifs is 1. The van der Waals surface area contributed by atoms with Gasteiger partial charge in [-0.05, 0) is 30.4 Å². The van der Waals surface area contributed by atoms with Crippen molar-refractivity contribution in [2.45, 2.75) is 25.0 Å². The van der Waals surface area contributed by atoms with E-state index in [1.54, 1.807) is 29.0 Å². The summed E-state index contributed by atoms with van der Waals surface area (Å²) in [6.07, 6.45) is 4.56. The Bertz CT molecular complexity index is 823. The van der Waals surface area contributed by atoms with E-state index in [0.717, 1.165) is 5.56 Å². The number of aromatic nitrogens is 3. The third-order valence-corrected chi connectivity index (χ3v) is 4.54. The number of hydrogen-bond acceptors (Lipinski definition) is 4. The smallest absolute Gasteiger partial charge is 0.272 e. The zero-order valence-corrected chi connectivity index (χ0v) is 13.0. The maximum Gasteiger partial charge on any atom is 0.272 e. The first-order valence-electron chi connectivity index (χ1n) is 8.05. The Kier molecular flexibility index (Phi) is 3.74. The van der Waals surface area contributed by atoms with Crippen molar-refractivity contribution in [1.29, 1.82) is 0 Å². The molecular formula is C18H18N4O2. The van der Waals surface area contributed by atoms with Crippen molar-refractivity contribution in [3.63, 3.8) is 0 Å². The first kappa shape index (κ1) is 14.8. The zero-order valence-electron chi connectivity index (χ0n) is 13.0. The van der Waals surface area contributed by atoms with Gasteiger partial charge in [-0.3, -0.25) is 4.79 Å². The molecule has 24 heavy (non-hydrogen) atoms. The first-order chi connectivity index (χ1) is 11.7. The van der Waals surface area contributed by atoms with Crippen molar-refractivity contribution in [2.75, 3.05) is 0 Å². The number of aliphatic hydroxyl groups excluding tert-OH is 1. The maximum absolute atomic E-state index is 12.6. The maximum atomic E-state index is 12.6. The first-order valence-corrected chi connectivity index (χ1v) is 8.05. The second-order valence-corrected chi connectivity index (χ2v) is 6.20. The van der Waals surface area contributed by atoms with E-state index in [4.69, 9.17) is 0 Å². The number of aliphatic hydroxyl groups is 1. The molecule has 2 heterocycles. The molecule has 1 atom stereocenters. The summed E-state index contributed by atoms with van der Waals surface area (Å²) in [5.41, 5.74) is 2.03. The molecule has 1 aliphatic carbocycles. The second-order valence-electron chi connectivity index (χ2n) is 6.20. The van der Waals surface area contributed by atoms with E-state index >= 15 is 0 Å². The van der Waals surface area contributed by atoms with Crippen LogP contribution in [0.4, 0.5) is 0 Å². The van der Waals surface area contributed by atoms with Crippen molar-refractivity contribution in [1.82, 2.24) is 19.9 Å². The van der Waals surface area contributed by atoms with Gasteiger partial charge in [0, 0.05) is 18.5 Å². The zero-order chi connectivity index (χ0) is 16.5. The normalized spacial score (nSPS) is 21.2. The fourth-order valence-electron chi connectivity index (χ4n) is 3.19. The molecule has 0 unspecified atom stereocenters. The van der Waals surface area contributed by atoms with Gasteiger partial charge in [0.15, 0.2) is 11.3 Å². The summed E-state index contributed by atoms with van der Waals surface area (Å²) in [6.45, 7) is 0. The van der Waals surface area contributed by atoms with Crippen LogP contribution in [-0.4, -0.2) is 31.7 Å². The molecule has 2 aromatic heterocycles. The van der Waals surface area contributed by atoms with Crippen molar-refractivity contribution in [3.8, 4) is 0 Å². The van der Waals surface area contributed by atoms with Gasteiger partial charge in [0.05, 0.1) is 12.1 Å². The van der Waals surface area contributed by atoms with Crippen LogP contribution in [0.2, 0.25) is 0 Å². The highest BCUT2D eigenvalue weighted by molar-refractivity contribution is 5.93. The highest BCUT2D eigenvalue weighted by Gasteiger charge is 2.36.